The molecule has 1 amide bonds. The van der Waals surface area contributed by atoms with Crippen molar-refractivity contribution in [3.8, 4) is 22.9 Å². The van der Waals surface area contributed by atoms with Crippen LogP contribution < -0.4 is 19.5 Å². The first-order valence-electron chi connectivity index (χ1n) is 13.5. The standard InChI is InChI=1S/C22H16F6N2O3.C7H12N2O3/c23-15-7-6-13(30-16-4-2-1-3-14(16)20(29-30)21(24,25)26)10-18(15)31-11-12-5-8-17-19(9-12)33-22(27,28)32-17;1-6(3-4-10)7(8-5-11)9-12-2/h5-10H,1-4,11H2;5,10H,1,3-4H2,2H3,(H,8,9,11). The molecule has 0 unspecified atom stereocenters. The lowest BCUT2D eigenvalue weighted by Crippen LogP contribution is -2.25. The predicted octanol–water partition coefficient (Wildman–Crippen LogP) is 5.44. The first-order chi connectivity index (χ1) is 21.4. The van der Waals surface area contributed by atoms with Gasteiger partial charge in [-0.3, -0.25) is 4.79 Å². The van der Waals surface area contributed by atoms with E-state index in [-0.39, 0.29) is 54.0 Å². The van der Waals surface area contributed by atoms with Crippen molar-refractivity contribution in [3.63, 3.8) is 0 Å². The van der Waals surface area contributed by atoms with Crippen LogP contribution in [0.5, 0.6) is 17.2 Å². The van der Waals surface area contributed by atoms with Crippen molar-refractivity contribution in [2.24, 2.45) is 5.16 Å². The van der Waals surface area contributed by atoms with Gasteiger partial charge in [-0.1, -0.05) is 17.8 Å². The number of carbonyl (C=O) groups is 1. The van der Waals surface area contributed by atoms with Crippen molar-refractivity contribution in [2.75, 3.05) is 13.7 Å². The van der Waals surface area contributed by atoms with E-state index < -0.39 is 24.0 Å². The summed E-state index contributed by atoms with van der Waals surface area (Å²) in [7, 11) is 1.36. The summed E-state index contributed by atoms with van der Waals surface area (Å²) < 4.78 is 96.5. The van der Waals surface area contributed by atoms with Crippen LogP contribution in [0.15, 0.2) is 53.7 Å². The van der Waals surface area contributed by atoms with Crippen molar-refractivity contribution in [1.29, 1.82) is 0 Å². The molecule has 2 N–H and O–H groups in total. The molecule has 0 atom stereocenters. The van der Waals surface area contributed by atoms with Crippen LogP contribution in [0, 0.1) is 5.82 Å². The quantitative estimate of drug-likeness (QED) is 0.105. The molecule has 5 rings (SSSR count). The van der Waals surface area contributed by atoms with Crippen LogP contribution in [0.1, 0.15) is 41.8 Å². The summed E-state index contributed by atoms with van der Waals surface area (Å²) in [6.45, 7) is 3.35. The van der Waals surface area contributed by atoms with Crippen LogP contribution in [-0.4, -0.2) is 47.1 Å². The first-order valence-corrected chi connectivity index (χ1v) is 13.5. The summed E-state index contributed by atoms with van der Waals surface area (Å²) in [5.74, 6) is -1.03. The molecule has 0 saturated carbocycles. The van der Waals surface area contributed by atoms with Crippen molar-refractivity contribution < 1.29 is 55.3 Å². The number of nitrogens with one attached hydrogen (secondary N) is 1. The average molecular weight is 643 g/mol. The van der Waals surface area contributed by atoms with Crippen molar-refractivity contribution in [1.82, 2.24) is 15.1 Å². The van der Waals surface area contributed by atoms with E-state index in [1.165, 1.54) is 42.1 Å². The predicted molar refractivity (Wildman–Crippen MR) is 147 cm³/mol. The Balaban J connectivity index is 0.000000328. The molecule has 1 aromatic heterocycles. The summed E-state index contributed by atoms with van der Waals surface area (Å²) in [5, 5.41) is 18.1. The van der Waals surface area contributed by atoms with E-state index in [0.29, 0.717) is 42.5 Å². The van der Waals surface area contributed by atoms with E-state index >= 15 is 0 Å². The lowest BCUT2D eigenvalue weighted by atomic mass is 9.95. The number of alkyl halides is 5. The van der Waals surface area contributed by atoms with Gasteiger partial charge in [0.05, 0.1) is 5.69 Å². The smallest absolute Gasteiger partial charge is 0.486 e. The van der Waals surface area contributed by atoms with Gasteiger partial charge < -0.3 is 29.5 Å². The third-order valence-electron chi connectivity index (χ3n) is 6.59. The number of aliphatic hydroxyl groups excluding tert-OH is 1. The number of oxime groups is 1. The van der Waals surface area contributed by atoms with Gasteiger partial charge in [-0.05, 0) is 67.5 Å². The second-order valence-corrected chi connectivity index (χ2v) is 9.70. The van der Waals surface area contributed by atoms with Gasteiger partial charge in [0.2, 0.25) is 6.41 Å². The molecule has 0 spiro atoms. The van der Waals surface area contributed by atoms with E-state index in [2.05, 4.69) is 36.5 Å². The lowest BCUT2D eigenvalue weighted by Gasteiger charge is -2.15. The summed E-state index contributed by atoms with van der Waals surface area (Å²) in [6, 6.07) is 7.67. The SMILES string of the molecule is C=C(CCO)/C(=N/OC)NC=O.Fc1ccc(-n2nc(C(F)(F)F)c3c2CCCC3)cc1OCc1ccc2c(c1)OC(F)(F)O2. The maximum Gasteiger partial charge on any atom is 0.586 e. The van der Waals surface area contributed by atoms with Crippen LogP contribution >= 0.6 is 0 Å². The highest BCUT2D eigenvalue weighted by Crippen LogP contribution is 2.41. The largest absolute Gasteiger partial charge is 0.586 e. The Morgan fingerprint density at radius 3 is 2.60 bits per heavy atom. The molecule has 16 heteroatoms. The highest BCUT2D eigenvalue weighted by molar-refractivity contribution is 6.02. The molecule has 1 aliphatic carbocycles. The number of fused-ring (bicyclic) bond motifs is 2. The molecule has 0 bridgehead atoms. The molecule has 0 radical (unpaired) electrons. The molecule has 2 aliphatic rings. The topological polar surface area (TPSA) is 116 Å². The summed E-state index contributed by atoms with van der Waals surface area (Å²) in [6.07, 6.45) is -5.47. The van der Waals surface area contributed by atoms with Crippen molar-refractivity contribution in [2.45, 2.75) is 51.2 Å². The Morgan fingerprint density at radius 2 is 1.91 bits per heavy atom. The number of ether oxygens (including phenoxy) is 3. The zero-order valence-corrected chi connectivity index (χ0v) is 23.8. The fraction of sp³-hybridized carbons (Fsp3) is 0.345. The number of hydrogen-bond acceptors (Lipinski definition) is 8. The summed E-state index contributed by atoms with van der Waals surface area (Å²) in [5.41, 5.74) is 0.828. The number of aliphatic hydroxyl groups is 1. The maximum atomic E-state index is 14.4. The van der Waals surface area contributed by atoms with Gasteiger partial charge in [0.25, 0.3) is 0 Å². The van der Waals surface area contributed by atoms with Gasteiger partial charge in [0, 0.05) is 23.9 Å². The van der Waals surface area contributed by atoms with E-state index in [4.69, 9.17) is 9.84 Å². The normalized spacial score (nSPS) is 15.0. The first kappa shape index (κ1) is 33.2. The van der Waals surface area contributed by atoms with Gasteiger partial charge in [-0.25, -0.2) is 9.07 Å². The maximum absolute atomic E-state index is 14.4. The number of rotatable bonds is 9. The zero-order valence-electron chi connectivity index (χ0n) is 23.8. The molecular weight excluding hydrogens is 614 g/mol. The number of aromatic nitrogens is 2. The van der Waals surface area contributed by atoms with Gasteiger partial charge in [-0.15, -0.1) is 8.78 Å². The van der Waals surface area contributed by atoms with Crippen LogP contribution in [0.2, 0.25) is 0 Å². The number of hydrogen-bond donors (Lipinski definition) is 2. The third kappa shape index (κ3) is 8.06. The van der Waals surface area contributed by atoms with Gasteiger partial charge in [0.1, 0.15) is 13.7 Å². The number of carbonyl (C=O) groups excluding carboxylic acids is 1. The van der Waals surface area contributed by atoms with Crippen LogP contribution in [-0.2, 0) is 35.3 Å². The number of amidine groups is 1. The van der Waals surface area contributed by atoms with Crippen molar-refractivity contribution >= 4 is 12.2 Å². The molecule has 3 aromatic rings. The Bertz CT molecular complexity index is 1570. The molecule has 10 nitrogen and oxygen atoms in total. The Kier molecular flexibility index (Phi) is 10.3. The second kappa shape index (κ2) is 13.9. The average Bonchev–Trinajstić information content (AvgIpc) is 3.53. The lowest BCUT2D eigenvalue weighted by molar-refractivity contribution is -0.286. The molecule has 0 saturated heterocycles. The summed E-state index contributed by atoms with van der Waals surface area (Å²) >= 11 is 0. The monoisotopic (exact) mass is 642 g/mol. The van der Waals surface area contributed by atoms with E-state index in [0.717, 1.165) is 12.5 Å². The Labute approximate surface area is 252 Å². The van der Waals surface area contributed by atoms with E-state index in [1.54, 1.807) is 0 Å². The fourth-order valence-corrected chi connectivity index (χ4v) is 4.61. The number of halogens is 6. The number of benzene rings is 2. The fourth-order valence-electron chi connectivity index (χ4n) is 4.61. The van der Waals surface area contributed by atoms with Gasteiger partial charge >= 0.3 is 12.5 Å². The minimum atomic E-state index is -4.60. The summed E-state index contributed by atoms with van der Waals surface area (Å²) in [4.78, 5) is 14.5. The van der Waals surface area contributed by atoms with Crippen LogP contribution in [0.25, 0.3) is 5.69 Å². The zero-order chi connectivity index (χ0) is 32.8. The minimum Gasteiger partial charge on any atom is -0.486 e. The molecule has 45 heavy (non-hydrogen) atoms. The van der Waals surface area contributed by atoms with Crippen LogP contribution in [0.3, 0.4) is 0 Å². The molecule has 2 aromatic carbocycles. The highest BCUT2D eigenvalue weighted by Gasteiger charge is 2.43. The molecule has 2 heterocycles. The Hall–Kier alpha value is -4.73. The third-order valence-corrected chi connectivity index (χ3v) is 6.59. The Morgan fingerprint density at radius 1 is 1.18 bits per heavy atom. The minimum absolute atomic E-state index is 0.0396. The highest BCUT2D eigenvalue weighted by atomic mass is 19.4. The number of nitrogens with zero attached hydrogens (tertiary/aromatic N) is 3. The molecule has 1 aliphatic heterocycles. The van der Waals surface area contributed by atoms with E-state index in [9.17, 15) is 31.1 Å². The second-order valence-electron chi connectivity index (χ2n) is 9.70. The van der Waals surface area contributed by atoms with Crippen molar-refractivity contribution in [3.05, 3.63) is 76.9 Å². The number of amides is 1. The molecule has 242 valence electrons. The van der Waals surface area contributed by atoms with E-state index in [1.807, 2.05) is 0 Å². The van der Waals surface area contributed by atoms with Gasteiger partial charge in [-0.2, -0.15) is 18.3 Å². The van der Waals surface area contributed by atoms with Gasteiger partial charge in [0.15, 0.2) is 34.6 Å². The molecule has 0 fully saturated rings. The van der Waals surface area contributed by atoms with Crippen LogP contribution in [0.4, 0.5) is 26.3 Å². The molecular formula is C29H28F6N4O6.